The molecule has 0 amide bonds. The number of rotatable bonds is 2. The molecule has 35 heavy (non-hydrogen) atoms. The Morgan fingerprint density at radius 3 is 2.23 bits per heavy atom. The number of aliphatic hydroxyl groups excluding tert-OH is 3. The summed E-state index contributed by atoms with van der Waals surface area (Å²) in [6.07, 6.45) is 8.36. The van der Waals surface area contributed by atoms with Gasteiger partial charge in [-0.05, 0) is 85.4 Å². The van der Waals surface area contributed by atoms with Crippen LogP contribution in [0.5, 0.6) is 0 Å². The van der Waals surface area contributed by atoms with Crippen LogP contribution >= 0.6 is 0 Å². The fraction of sp³-hybridized carbons (Fsp3) is 0.900. The molecule has 5 rings (SSSR count). The van der Waals surface area contributed by atoms with Crippen LogP contribution in [0, 0.1) is 50.2 Å². The van der Waals surface area contributed by atoms with Gasteiger partial charge >= 0.3 is 5.97 Å². The molecule has 0 bridgehead atoms. The molecule has 4 fully saturated rings. The SMILES string of the molecule is CC1(C)CC[C@]2(C(=O)O)CC[C@]3(C)C(=CC[C@@H]4[C@@]5(C)[C@@H](O)C[C@H](O)[C@@](C)(CO)[C@@H]5CC[C@]43C)[C@@H]2C1. The minimum atomic E-state index is -0.703. The standard InChI is InChI=1S/C30H48O5/c1-25(2)11-13-30(24(34)35)14-12-27(4)18(19(30)16-25)7-8-21-28(27,5)10-9-20-26(3,17-31)22(32)15-23(33)29(20,21)6/h7,19-23,31-33H,8-17H2,1-6H3,(H,34,35)/t19-,20-,21-,22-,23-,26-,27+,28+,29-,30-/m0/s1. The van der Waals surface area contributed by atoms with E-state index in [0.29, 0.717) is 6.42 Å². The lowest BCUT2D eigenvalue weighted by Crippen LogP contribution is -2.69. The van der Waals surface area contributed by atoms with Crippen molar-refractivity contribution in [2.75, 3.05) is 6.61 Å². The van der Waals surface area contributed by atoms with Crippen molar-refractivity contribution in [3.8, 4) is 0 Å². The van der Waals surface area contributed by atoms with E-state index >= 15 is 0 Å². The predicted octanol–water partition coefficient (Wildman–Crippen LogP) is 5.18. The van der Waals surface area contributed by atoms with Gasteiger partial charge in [0.15, 0.2) is 0 Å². The maximum atomic E-state index is 12.8. The Hall–Kier alpha value is -0.910. The minimum absolute atomic E-state index is 0.0469. The summed E-state index contributed by atoms with van der Waals surface area (Å²) in [6, 6.07) is 0. The highest BCUT2D eigenvalue weighted by Crippen LogP contribution is 2.75. The second-order valence-corrected chi connectivity index (χ2v) is 15.0. The van der Waals surface area contributed by atoms with Gasteiger partial charge in [-0.1, -0.05) is 53.2 Å². The number of carboxylic acid groups (broad SMARTS) is 1. The highest BCUT2D eigenvalue weighted by molar-refractivity contribution is 5.76. The molecule has 10 atom stereocenters. The van der Waals surface area contributed by atoms with E-state index in [1.807, 2.05) is 6.92 Å². The van der Waals surface area contributed by atoms with Gasteiger partial charge in [-0.15, -0.1) is 0 Å². The summed E-state index contributed by atoms with van der Waals surface area (Å²) < 4.78 is 0. The highest BCUT2D eigenvalue weighted by atomic mass is 16.4. The van der Waals surface area contributed by atoms with Crippen LogP contribution in [-0.4, -0.2) is 45.2 Å². The summed E-state index contributed by atoms with van der Waals surface area (Å²) >= 11 is 0. The van der Waals surface area contributed by atoms with E-state index in [0.717, 1.165) is 51.4 Å². The summed E-state index contributed by atoms with van der Waals surface area (Å²) in [4.78, 5) is 12.8. The van der Waals surface area contributed by atoms with E-state index in [2.05, 4.69) is 40.7 Å². The first-order valence-corrected chi connectivity index (χ1v) is 14.0. The van der Waals surface area contributed by atoms with E-state index in [1.165, 1.54) is 5.57 Å². The van der Waals surface area contributed by atoms with Gasteiger partial charge in [-0.2, -0.15) is 0 Å². The molecule has 0 spiro atoms. The van der Waals surface area contributed by atoms with Gasteiger partial charge in [0.05, 0.1) is 24.2 Å². The Balaban J connectivity index is 1.62. The zero-order chi connectivity index (χ0) is 25.8. The van der Waals surface area contributed by atoms with E-state index < -0.39 is 34.4 Å². The number of carbonyl (C=O) groups is 1. The van der Waals surface area contributed by atoms with E-state index in [4.69, 9.17) is 0 Å². The van der Waals surface area contributed by atoms with Crippen LogP contribution in [0.15, 0.2) is 11.6 Å². The molecule has 0 aromatic rings. The molecule has 198 valence electrons. The van der Waals surface area contributed by atoms with Crippen molar-refractivity contribution in [3.63, 3.8) is 0 Å². The van der Waals surface area contributed by atoms with Crippen molar-refractivity contribution in [1.29, 1.82) is 0 Å². The molecule has 0 unspecified atom stereocenters. The van der Waals surface area contributed by atoms with Gasteiger partial charge in [0.2, 0.25) is 0 Å². The molecule has 4 saturated carbocycles. The fourth-order valence-electron chi connectivity index (χ4n) is 10.6. The lowest BCUT2D eigenvalue weighted by Gasteiger charge is -2.72. The first-order chi connectivity index (χ1) is 16.1. The number of carboxylic acids is 1. The second kappa shape index (κ2) is 7.57. The van der Waals surface area contributed by atoms with Crippen molar-refractivity contribution in [1.82, 2.24) is 0 Å². The van der Waals surface area contributed by atoms with Crippen molar-refractivity contribution < 1.29 is 25.2 Å². The number of aliphatic hydroxyl groups is 3. The average molecular weight is 489 g/mol. The normalized spacial score (nSPS) is 55.0. The molecule has 0 aromatic heterocycles. The predicted molar refractivity (Wildman–Crippen MR) is 135 cm³/mol. The molecule has 5 aliphatic rings. The van der Waals surface area contributed by atoms with E-state index in [-0.39, 0.29) is 40.6 Å². The lowest BCUT2D eigenvalue weighted by molar-refractivity contribution is -0.253. The van der Waals surface area contributed by atoms with Crippen LogP contribution in [0.4, 0.5) is 0 Å². The van der Waals surface area contributed by atoms with Gasteiger partial charge in [0.1, 0.15) is 0 Å². The van der Waals surface area contributed by atoms with E-state index in [9.17, 15) is 25.2 Å². The zero-order valence-electron chi connectivity index (χ0n) is 22.7. The lowest BCUT2D eigenvalue weighted by atomic mass is 9.33. The quantitative estimate of drug-likeness (QED) is 0.402. The van der Waals surface area contributed by atoms with Gasteiger partial charge in [-0.3, -0.25) is 4.79 Å². The van der Waals surface area contributed by atoms with Gasteiger partial charge in [0.25, 0.3) is 0 Å². The molecular weight excluding hydrogens is 440 g/mol. The largest absolute Gasteiger partial charge is 0.481 e. The van der Waals surface area contributed by atoms with Crippen molar-refractivity contribution in [3.05, 3.63) is 11.6 Å². The van der Waals surface area contributed by atoms with Gasteiger partial charge < -0.3 is 20.4 Å². The molecule has 0 radical (unpaired) electrons. The topological polar surface area (TPSA) is 98.0 Å². The Morgan fingerprint density at radius 1 is 0.943 bits per heavy atom. The van der Waals surface area contributed by atoms with Crippen LogP contribution in [0.1, 0.15) is 99.3 Å². The molecule has 0 saturated heterocycles. The minimum Gasteiger partial charge on any atom is -0.481 e. The molecule has 4 N–H and O–H groups in total. The maximum absolute atomic E-state index is 12.8. The Bertz CT molecular complexity index is 941. The van der Waals surface area contributed by atoms with E-state index in [1.54, 1.807) is 0 Å². The van der Waals surface area contributed by atoms with Crippen LogP contribution in [0.3, 0.4) is 0 Å². The van der Waals surface area contributed by atoms with Crippen molar-refractivity contribution >= 4 is 5.97 Å². The molecule has 0 aliphatic heterocycles. The highest BCUT2D eigenvalue weighted by Gasteiger charge is 2.71. The summed E-state index contributed by atoms with van der Waals surface area (Å²) in [6.45, 7) is 13.6. The fourth-order valence-corrected chi connectivity index (χ4v) is 10.6. The number of hydrogen-bond acceptors (Lipinski definition) is 4. The van der Waals surface area contributed by atoms with Gasteiger partial charge in [0, 0.05) is 17.3 Å². The molecule has 5 aliphatic carbocycles. The summed E-state index contributed by atoms with van der Waals surface area (Å²) in [5, 5.41) is 43.4. The van der Waals surface area contributed by atoms with Crippen LogP contribution in [0.2, 0.25) is 0 Å². The third kappa shape index (κ3) is 3.01. The third-order valence-electron chi connectivity index (χ3n) is 13.3. The van der Waals surface area contributed by atoms with Crippen LogP contribution in [-0.2, 0) is 4.79 Å². The van der Waals surface area contributed by atoms with Crippen LogP contribution < -0.4 is 0 Å². The Labute approximate surface area is 211 Å². The first-order valence-electron chi connectivity index (χ1n) is 14.0. The molecule has 0 aromatic carbocycles. The second-order valence-electron chi connectivity index (χ2n) is 15.0. The number of fused-ring (bicyclic) bond motifs is 7. The molecule has 0 heterocycles. The smallest absolute Gasteiger partial charge is 0.310 e. The summed E-state index contributed by atoms with van der Waals surface area (Å²) in [5.74, 6) is -0.263. The summed E-state index contributed by atoms with van der Waals surface area (Å²) in [5.41, 5.74) is -0.297. The number of aliphatic carboxylic acids is 1. The number of hydrogen-bond donors (Lipinski definition) is 4. The molecular formula is C30H48O5. The zero-order valence-corrected chi connectivity index (χ0v) is 22.7. The molecule has 5 heteroatoms. The Morgan fingerprint density at radius 2 is 1.60 bits per heavy atom. The third-order valence-corrected chi connectivity index (χ3v) is 13.3. The monoisotopic (exact) mass is 488 g/mol. The number of allylic oxidation sites excluding steroid dienone is 2. The Kier molecular flexibility index (Phi) is 5.56. The average Bonchev–Trinajstić information content (AvgIpc) is 2.77. The summed E-state index contributed by atoms with van der Waals surface area (Å²) in [7, 11) is 0. The first kappa shape index (κ1) is 25.7. The maximum Gasteiger partial charge on any atom is 0.310 e. The molecule has 5 nitrogen and oxygen atoms in total. The van der Waals surface area contributed by atoms with Crippen molar-refractivity contribution in [2.24, 2.45) is 50.2 Å². The van der Waals surface area contributed by atoms with Crippen LogP contribution in [0.25, 0.3) is 0 Å². The van der Waals surface area contributed by atoms with Crippen molar-refractivity contribution in [2.45, 2.75) is 112 Å². The van der Waals surface area contributed by atoms with Gasteiger partial charge in [-0.25, -0.2) is 0 Å².